The predicted octanol–water partition coefficient (Wildman–Crippen LogP) is 2.74. The van der Waals surface area contributed by atoms with E-state index in [9.17, 15) is 0 Å². The lowest BCUT2D eigenvalue weighted by molar-refractivity contribution is 0.569. The zero-order valence-electron chi connectivity index (χ0n) is 9.60. The molecule has 0 amide bonds. The van der Waals surface area contributed by atoms with Crippen molar-refractivity contribution >= 4 is 15.9 Å². The third kappa shape index (κ3) is 3.35. The van der Waals surface area contributed by atoms with Crippen LogP contribution in [0.1, 0.15) is 17.4 Å². The van der Waals surface area contributed by atoms with Crippen molar-refractivity contribution in [3.05, 3.63) is 58.6 Å². The summed E-state index contributed by atoms with van der Waals surface area (Å²) in [5, 5.41) is 3.27. The number of pyridine rings is 2. The SMILES string of the molecule is CNC(Cc1ccc(Br)cn1)c1ccccn1. The van der Waals surface area contributed by atoms with Crippen LogP contribution in [0.2, 0.25) is 0 Å². The average molecular weight is 292 g/mol. The zero-order chi connectivity index (χ0) is 12.1. The molecule has 0 fully saturated rings. The van der Waals surface area contributed by atoms with Gasteiger partial charge in [0.25, 0.3) is 0 Å². The number of nitrogens with zero attached hydrogens (tertiary/aromatic N) is 2. The van der Waals surface area contributed by atoms with E-state index in [1.165, 1.54) is 0 Å². The highest BCUT2D eigenvalue weighted by Gasteiger charge is 2.11. The first-order valence-corrected chi connectivity index (χ1v) is 6.27. The van der Waals surface area contributed by atoms with Gasteiger partial charge in [0.15, 0.2) is 0 Å². The maximum Gasteiger partial charge on any atom is 0.0577 e. The van der Waals surface area contributed by atoms with Gasteiger partial charge < -0.3 is 5.32 Å². The van der Waals surface area contributed by atoms with Crippen LogP contribution in [0, 0.1) is 0 Å². The quantitative estimate of drug-likeness (QED) is 0.941. The average Bonchev–Trinajstić information content (AvgIpc) is 2.39. The van der Waals surface area contributed by atoms with Crippen LogP contribution in [0.3, 0.4) is 0 Å². The number of nitrogens with one attached hydrogen (secondary N) is 1. The fourth-order valence-electron chi connectivity index (χ4n) is 1.67. The van der Waals surface area contributed by atoms with Crippen LogP contribution in [0.15, 0.2) is 47.2 Å². The summed E-state index contributed by atoms with van der Waals surface area (Å²) in [7, 11) is 1.94. The Morgan fingerprint density at radius 3 is 2.71 bits per heavy atom. The third-order valence-electron chi connectivity index (χ3n) is 2.60. The molecule has 4 heteroatoms. The molecular formula is C13H14BrN3. The first-order chi connectivity index (χ1) is 8.29. The van der Waals surface area contributed by atoms with Crippen LogP contribution >= 0.6 is 15.9 Å². The van der Waals surface area contributed by atoms with Gasteiger partial charge >= 0.3 is 0 Å². The summed E-state index contributed by atoms with van der Waals surface area (Å²) in [6, 6.07) is 10.2. The molecule has 0 saturated heterocycles. The van der Waals surface area contributed by atoms with E-state index in [0.29, 0.717) is 0 Å². The van der Waals surface area contributed by atoms with Crippen molar-refractivity contribution in [2.75, 3.05) is 7.05 Å². The lowest BCUT2D eigenvalue weighted by atomic mass is 10.1. The van der Waals surface area contributed by atoms with E-state index in [-0.39, 0.29) is 6.04 Å². The molecule has 3 nitrogen and oxygen atoms in total. The standard InChI is InChI=1S/C13H14BrN3/c1-15-13(12-4-2-3-7-16-12)8-11-6-5-10(14)9-17-11/h2-7,9,13,15H,8H2,1H3. The molecule has 0 bridgehead atoms. The van der Waals surface area contributed by atoms with E-state index in [1.54, 1.807) is 0 Å². The van der Waals surface area contributed by atoms with Crippen molar-refractivity contribution in [3.8, 4) is 0 Å². The number of hydrogen-bond acceptors (Lipinski definition) is 3. The van der Waals surface area contributed by atoms with Gasteiger partial charge in [0.1, 0.15) is 0 Å². The molecule has 17 heavy (non-hydrogen) atoms. The molecule has 88 valence electrons. The van der Waals surface area contributed by atoms with Gasteiger partial charge in [-0.1, -0.05) is 6.07 Å². The second kappa shape index (κ2) is 5.89. The minimum atomic E-state index is 0.199. The van der Waals surface area contributed by atoms with Crippen molar-refractivity contribution in [1.82, 2.24) is 15.3 Å². The van der Waals surface area contributed by atoms with Gasteiger partial charge in [0.2, 0.25) is 0 Å². The fraction of sp³-hybridized carbons (Fsp3) is 0.231. The Bertz CT molecular complexity index is 456. The lowest BCUT2D eigenvalue weighted by Crippen LogP contribution is -2.20. The summed E-state index contributed by atoms with van der Waals surface area (Å²) >= 11 is 3.38. The van der Waals surface area contributed by atoms with Gasteiger partial charge in [0.05, 0.1) is 11.7 Å². The van der Waals surface area contributed by atoms with E-state index in [2.05, 4.69) is 31.2 Å². The Hall–Kier alpha value is -1.26. The monoisotopic (exact) mass is 291 g/mol. The topological polar surface area (TPSA) is 37.8 Å². The summed E-state index contributed by atoms with van der Waals surface area (Å²) in [6.07, 6.45) is 4.47. The molecule has 0 spiro atoms. The minimum Gasteiger partial charge on any atom is -0.311 e. The van der Waals surface area contributed by atoms with E-state index in [1.807, 2.05) is 49.8 Å². The first kappa shape index (κ1) is 12.2. The van der Waals surface area contributed by atoms with Crippen LogP contribution in [-0.2, 0) is 6.42 Å². The molecule has 1 atom stereocenters. The molecule has 1 unspecified atom stereocenters. The van der Waals surface area contributed by atoms with Crippen molar-refractivity contribution in [2.24, 2.45) is 0 Å². The second-order valence-electron chi connectivity index (χ2n) is 3.77. The Labute approximate surface area is 109 Å². The zero-order valence-corrected chi connectivity index (χ0v) is 11.2. The number of aromatic nitrogens is 2. The molecule has 0 aliphatic rings. The summed E-state index contributed by atoms with van der Waals surface area (Å²) in [6.45, 7) is 0. The van der Waals surface area contributed by atoms with Crippen molar-refractivity contribution in [2.45, 2.75) is 12.5 Å². The maximum absolute atomic E-state index is 4.38. The predicted molar refractivity (Wildman–Crippen MR) is 71.7 cm³/mol. The van der Waals surface area contributed by atoms with Gasteiger partial charge in [-0.15, -0.1) is 0 Å². The van der Waals surface area contributed by atoms with E-state index < -0.39 is 0 Å². The number of rotatable bonds is 4. The molecule has 0 aliphatic heterocycles. The smallest absolute Gasteiger partial charge is 0.0577 e. The molecule has 0 radical (unpaired) electrons. The molecule has 2 aromatic heterocycles. The Morgan fingerprint density at radius 2 is 2.12 bits per heavy atom. The molecule has 0 aromatic carbocycles. The fourth-order valence-corrected chi connectivity index (χ4v) is 1.91. The minimum absolute atomic E-state index is 0.199. The Kier molecular flexibility index (Phi) is 4.23. The highest BCUT2D eigenvalue weighted by atomic mass is 79.9. The largest absolute Gasteiger partial charge is 0.311 e. The summed E-state index contributed by atoms with van der Waals surface area (Å²) in [4.78, 5) is 8.74. The molecule has 0 aliphatic carbocycles. The molecule has 0 saturated carbocycles. The van der Waals surface area contributed by atoms with Gasteiger partial charge in [-0.05, 0) is 47.2 Å². The Morgan fingerprint density at radius 1 is 1.24 bits per heavy atom. The van der Waals surface area contributed by atoms with Crippen molar-refractivity contribution in [3.63, 3.8) is 0 Å². The van der Waals surface area contributed by atoms with E-state index >= 15 is 0 Å². The van der Waals surface area contributed by atoms with Crippen molar-refractivity contribution in [1.29, 1.82) is 0 Å². The highest BCUT2D eigenvalue weighted by Crippen LogP contribution is 2.16. The van der Waals surface area contributed by atoms with Crippen LogP contribution in [-0.4, -0.2) is 17.0 Å². The molecule has 2 heterocycles. The molecular weight excluding hydrogens is 278 g/mol. The van der Waals surface area contributed by atoms with Gasteiger partial charge in [-0.3, -0.25) is 9.97 Å². The van der Waals surface area contributed by atoms with Crippen LogP contribution < -0.4 is 5.32 Å². The first-order valence-electron chi connectivity index (χ1n) is 5.48. The highest BCUT2D eigenvalue weighted by molar-refractivity contribution is 9.10. The Balaban J connectivity index is 2.13. The van der Waals surface area contributed by atoms with E-state index in [4.69, 9.17) is 0 Å². The molecule has 2 aromatic rings. The molecule has 1 N–H and O–H groups in total. The summed E-state index contributed by atoms with van der Waals surface area (Å²) in [5.74, 6) is 0. The summed E-state index contributed by atoms with van der Waals surface area (Å²) < 4.78 is 1.00. The maximum atomic E-state index is 4.38. The van der Waals surface area contributed by atoms with Crippen LogP contribution in [0.4, 0.5) is 0 Å². The van der Waals surface area contributed by atoms with Gasteiger partial charge in [0, 0.05) is 29.0 Å². The number of likely N-dealkylation sites (N-methyl/N-ethyl adjacent to an activating group) is 1. The van der Waals surface area contributed by atoms with Crippen LogP contribution in [0.25, 0.3) is 0 Å². The van der Waals surface area contributed by atoms with Crippen LogP contribution in [0.5, 0.6) is 0 Å². The second-order valence-corrected chi connectivity index (χ2v) is 4.68. The normalized spacial score (nSPS) is 12.4. The number of halogens is 1. The molecule has 2 rings (SSSR count). The van der Waals surface area contributed by atoms with E-state index in [0.717, 1.165) is 22.3 Å². The van der Waals surface area contributed by atoms with Crippen molar-refractivity contribution < 1.29 is 0 Å². The van der Waals surface area contributed by atoms with Gasteiger partial charge in [-0.2, -0.15) is 0 Å². The third-order valence-corrected chi connectivity index (χ3v) is 3.06. The number of hydrogen-bond donors (Lipinski definition) is 1. The summed E-state index contributed by atoms with van der Waals surface area (Å²) in [5.41, 5.74) is 2.10. The lowest BCUT2D eigenvalue weighted by Gasteiger charge is -2.14. The van der Waals surface area contributed by atoms with Gasteiger partial charge in [-0.25, -0.2) is 0 Å².